The monoisotopic (exact) mass is 275 g/mol. The summed E-state index contributed by atoms with van der Waals surface area (Å²) in [7, 11) is -5.07. The minimum Gasteiger partial charge on any atom is -0.425 e. The van der Waals surface area contributed by atoms with E-state index >= 15 is 0 Å². The predicted molar refractivity (Wildman–Crippen MR) is 60.3 cm³/mol. The summed E-state index contributed by atoms with van der Waals surface area (Å²) < 4.78 is 39.4. The zero-order chi connectivity index (χ0) is 13.9. The molecule has 0 aromatic heterocycles. The summed E-state index contributed by atoms with van der Waals surface area (Å²) in [4.78, 5) is 20.7. The largest absolute Gasteiger partial charge is 0.425 e. The topological polar surface area (TPSA) is 89.5 Å². The van der Waals surface area contributed by atoms with E-state index in [0.29, 0.717) is 0 Å². The van der Waals surface area contributed by atoms with E-state index in [2.05, 4.69) is 10.1 Å². The fourth-order valence-corrected chi connectivity index (χ4v) is 1.84. The molecule has 0 spiro atoms. The van der Waals surface area contributed by atoms with Crippen molar-refractivity contribution in [1.29, 1.82) is 0 Å². The lowest BCUT2D eigenvalue weighted by molar-refractivity contribution is -0.132. The molecule has 18 heavy (non-hydrogen) atoms. The smallest absolute Gasteiger partial charge is 0.335 e. The van der Waals surface area contributed by atoms with Crippen LogP contribution in [0.25, 0.3) is 0 Å². The second kappa shape index (κ2) is 5.13. The third kappa shape index (κ3) is 3.81. The number of esters is 1. The summed E-state index contributed by atoms with van der Waals surface area (Å²) in [5.41, 5.74) is 0.0784. The van der Waals surface area contributed by atoms with E-state index in [-0.39, 0.29) is 5.69 Å². The van der Waals surface area contributed by atoms with Crippen LogP contribution >= 0.6 is 0 Å². The molecule has 1 aromatic rings. The summed E-state index contributed by atoms with van der Waals surface area (Å²) in [6.07, 6.45) is 0. The van der Waals surface area contributed by atoms with Gasteiger partial charge in [0.05, 0.1) is 0 Å². The van der Waals surface area contributed by atoms with Crippen molar-refractivity contribution in [3.63, 3.8) is 0 Å². The molecule has 0 atom stereocenters. The highest BCUT2D eigenvalue weighted by atomic mass is 32.3. The van der Waals surface area contributed by atoms with Gasteiger partial charge in [-0.15, -0.1) is 3.89 Å². The number of carbonyl (C=O) groups is 2. The highest BCUT2D eigenvalue weighted by molar-refractivity contribution is 7.86. The number of nitrogens with one attached hydrogen (secondary N) is 1. The average molecular weight is 275 g/mol. The molecule has 0 radical (unpaired) electrons. The number of amides is 1. The highest BCUT2D eigenvalue weighted by Gasteiger charge is 2.20. The Morgan fingerprint density at radius 1 is 1.28 bits per heavy atom. The van der Waals surface area contributed by atoms with Crippen molar-refractivity contribution in [2.75, 3.05) is 5.32 Å². The fourth-order valence-electron chi connectivity index (χ4n) is 1.22. The third-order valence-electron chi connectivity index (χ3n) is 1.78. The van der Waals surface area contributed by atoms with Crippen LogP contribution in [0.5, 0.6) is 5.75 Å². The Kier molecular flexibility index (Phi) is 4.02. The number of halogens is 1. The van der Waals surface area contributed by atoms with E-state index in [9.17, 15) is 21.9 Å². The number of rotatable bonds is 3. The van der Waals surface area contributed by atoms with Crippen LogP contribution in [0.2, 0.25) is 0 Å². The molecule has 1 N–H and O–H groups in total. The van der Waals surface area contributed by atoms with Crippen molar-refractivity contribution >= 4 is 27.8 Å². The van der Waals surface area contributed by atoms with Gasteiger partial charge in [-0.1, -0.05) is 0 Å². The van der Waals surface area contributed by atoms with E-state index in [4.69, 9.17) is 0 Å². The number of ether oxygens (including phenoxy) is 1. The van der Waals surface area contributed by atoms with Gasteiger partial charge in [-0.2, -0.15) is 8.42 Å². The van der Waals surface area contributed by atoms with Crippen molar-refractivity contribution in [1.82, 2.24) is 0 Å². The van der Waals surface area contributed by atoms with Gasteiger partial charge in [0, 0.05) is 19.5 Å². The van der Waals surface area contributed by atoms with Crippen LogP contribution in [0, 0.1) is 0 Å². The van der Waals surface area contributed by atoms with Crippen LogP contribution in [0.4, 0.5) is 9.57 Å². The molecular weight excluding hydrogens is 265 g/mol. The highest BCUT2D eigenvalue weighted by Crippen LogP contribution is 2.28. The molecule has 0 saturated carbocycles. The number of hydrogen-bond donors (Lipinski definition) is 1. The minimum atomic E-state index is -5.07. The Morgan fingerprint density at radius 3 is 2.33 bits per heavy atom. The van der Waals surface area contributed by atoms with Crippen molar-refractivity contribution in [2.24, 2.45) is 0 Å². The van der Waals surface area contributed by atoms with Gasteiger partial charge in [0.15, 0.2) is 5.75 Å². The van der Waals surface area contributed by atoms with E-state index in [1.54, 1.807) is 0 Å². The second-order valence-corrected chi connectivity index (χ2v) is 4.69. The first-order chi connectivity index (χ1) is 8.20. The van der Waals surface area contributed by atoms with Crippen molar-refractivity contribution < 1.29 is 26.6 Å². The molecule has 98 valence electrons. The molecule has 0 aliphatic rings. The van der Waals surface area contributed by atoms with Gasteiger partial charge in [0.25, 0.3) is 0 Å². The van der Waals surface area contributed by atoms with E-state index < -0.39 is 32.7 Å². The first kappa shape index (κ1) is 14.1. The first-order valence-electron chi connectivity index (χ1n) is 4.75. The normalized spacial score (nSPS) is 10.8. The lowest BCUT2D eigenvalue weighted by Crippen LogP contribution is -2.09. The Labute approximate surface area is 103 Å². The number of hydrogen-bond acceptors (Lipinski definition) is 5. The Bertz CT molecular complexity index is 596. The lowest BCUT2D eigenvalue weighted by atomic mass is 10.3. The van der Waals surface area contributed by atoms with Crippen LogP contribution in [-0.4, -0.2) is 20.3 Å². The average Bonchev–Trinajstić information content (AvgIpc) is 2.17. The quantitative estimate of drug-likeness (QED) is 0.509. The standard InChI is InChI=1S/C10H10FNO5S/c1-6(13)12-8-3-4-9(17-7(2)14)10(5-8)18(11,15)16/h3-5H,1-2H3,(H,12,13). The molecule has 0 heterocycles. The molecule has 0 bridgehead atoms. The molecule has 0 aliphatic carbocycles. The molecule has 0 fully saturated rings. The summed E-state index contributed by atoms with van der Waals surface area (Å²) in [5, 5.41) is 2.29. The van der Waals surface area contributed by atoms with E-state index in [0.717, 1.165) is 19.1 Å². The van der Waals surface area contributed by atoms with Gasteiger partial charge in [-0.05, 0) is 18.2 Å². The molecule has 0 saturated heterocycles. The van der Waals surface area contributed by atoms with Crippen molar-refractivity contribution in [3.8, 4) is 5.75 Å². The number of anilines is 1. The predicted octanol–water partition coefficient (Wildman–Crippen LogP) is 1.23. The molecule has 6 nitrogen and oxygen atoms in total. The van der Waals surface area contributed by atoms with E-state index in [1.807, 2.05) is 0 Å². The molecule has 1 amide bonds. The van der Waals surface area contributed by atoms with Crippen LogP contribution in [0.1, 0.15) is 13.8 Å². The maximum Gasteiger partial charge on any atom is 0.335 e. The SMILES string of the molecule is CC(=O)Nc1ccc(OC(C)=O)c(S(=O)(=O)F)c1. The Balaban J connectivity index is 3.29. The molecular formula is C10H10FNO5S. The van der Waals surface area contributed by atoms with Crippen molar-refractivity contribution in [2.45, 2.75) is 18.7 Å². The van der Waals surface area contributed by atoms with Gasteiger partial charge in [-0.3, -0.25) is 9.59 Å². The summed E-state index contributed by atoms with van der Waals surface area (Å²) in [6.45, 7) is 2.26. The summed E-state index contributed by atoms with van der Waals surface area (Å²) in [5.74, 6) is -1.66. The first-order valence-corrected chi connectivity index (χ1v) is 6.13. The summed E-state index contributed by atoms with van der Waals surface area (Å²) >= 11 is 0. The molecule has 0 unspecified atom stereocenters. The van der Waals surface area contributed by atoms with Crippen LogP contribution in [0.3, 0.4) is 0 Å². The number of benzene rings is 1. The lowest BCUT2D eigenvalue weighted by Gasteiger charge is -2.08. The fraction of sp³-hybridized carbons (Fsp3) is 0.200. The third-order valence-corrected chi connectivity index (χ3v) is 2.62. The van der Waals surface area contributed by atoms with Gasteiger partial charge in [-0.25, -0.2) is 0 Å². The second-order valence-electron chi connectivity index (χ2n) is 3.37. The Morgan fingerprint density at radius 2 is 1.89 bits per heavy atom. The maximum absolute atomic E-state index is 13.0. The summed E-state index contributed by atoms with van der Waals surface area (Å²) in [6, 6.07) is 3.24. The molecule has 8 heteroatoms. The maximum atomic E-state index is 13.0. The van der Waals surface area contributed by atoms with Gasteiger partial charge in [0.1, 0.15) is 4.90 Å². The minimum absolute atomic E-state index is 0.0784. The van der Waals surface area contributed by atoms with Crippen LogP contribution < -0.4 is 10.1 Å². The zero-order valence-electron chi connectivity index (χ0n) is 9.56. The molecule has 0 aliphatic heterocycles. The Hall–Kier alpha value is -1.96. The van der Waals surface area contributed by atoms with Gasteiger partial charge >= 0.3 is 16.2 Å². The number of carbonyl (C=O) groups excluding carboxylic acids is 2. The van der Waals surface area contributed by atoms with E-state index in [1.165, 1.54) is 13.0 Å². The van der Waals surface area contributed by atoms with Crippen LogP contribution in [-0.2, 0) is 19.8 Å². The molecule has 1 aromatic carbocycles. The molecule has 1 rings (SSSR count). The van der Waals surface area contributed by atoms with Gasteiger partial charge in [0.2, 0.25) is 5.91 Å². The zero-order valence-corrected chi connectivity index (χ0v) is 10.4. The van der Waals surface area contributed by atoms with Crippen LogP contribution in [0.15, 0.2) is 23.1 Å². The van der Waals surface area contributed by atoms with Crippen molar-refractivity contribution in [3.05, 3.63) is 18.2 Å². The van der Waals surface area contributed by atoms with Gasteiger partial charge < -0.3 is 10.1 Å².